The Morgan fingerprint density at radius 2 is 1.91 bits per heavy atom. The van der Waals surface area contributed by atoms with Gasteiger partial charge in [-0.3, -0.25) is 4.79 Å². The maximum absolute atomic E-state index is 10.7. The average molecular weight is 176 g/mol. The molecule has 11 heavy (non-hydrogen) atoms. The molecule has 0 bridgehead atoms. The van der Waals surface area contributed by atoms with Crippen molar-refractivity contribution in [2.75, 3.05) is 0 Å². The van der Waals surface area contributed by atoms with Gasteiger partial charge in [0.1, 0.15) is 5.38 Å². The van der Waals surface area contributed by atoms with Crippen molar-refractivity contribution in [1.82, 2.24) is 0 Å². The molecule has 1 saturated carbocycles. The molecule has 2 N–H and O–H groups in total. The SMILES string of the molecule is NC(=O)C(Cl)C1CCCCC1. The number of primary amides is 1. The summed E-state index contributed by atoms with van der Waals surface area (Å²) >= 11 is 5.82. The molecule has 3 heteroatoms. The summed E-state index contributed by atoms with van der Waals surface area (Å²) in [6.45, 7) is 0. The lowest BCUT2D eigenvalue weighted by molar-refractivity contribution is -0.118. The van der Waals surface area contributed by atoms with E-state index in [1.165, 1.54) is 19.3 Å². The van der Waals surface area contributed by atoms with Crippen LogP contribution in [0.4, 0.5) is 0 Å². The quantitative estimate of drug-likeness (QED) is 0.638. The lowest BCUT2D eigenvalue weighted by atomic mass is 9.86. The Balaban J connectivity index is 2.38. The monoisotopic (exact) mass is 175 g/mol. The van der Waals surface area contributed by atoms with Gasteiger partial charge in [-0.15, -0.1) is 11.6 Å². The normalized spacial score (nSPS) is 23.0. The molecule has 0 aromatic heterocycles. The molecule has 0 saturated heterocycles. The van der Waals surface area contributed by atoms with E-state index in [1.54, 1.807) is 0 Å². The van der Waals surface area contributed by atoms with Crippen LogP contribution in [0.5, 0.6) is 0 Å². The molecule has 1 atom stereocenters. The second kappa shape index (κ2) is 3.96. The van der Waals surface area contributed by atoms with E-state index in [0.29, 0.717) is 5.92 Å². The maximum atomic E-state index is 10.7. The van der Waals surface area contributed by atoms with Crippen molar-refractivity contribution >= 4 is 17.5 Å². The molecule has 64 valence electrons. The minimum atomic E-state index is -0.435. The highest BCUT2D eigenvalue weighted by molar-refractivity contribution is 6.30. The molecule has 0 aromatic rings. The van der Waals surface area contributed by atoms with Crippen LogP contribution in [0.3, 0.4) is 0 Å². The van der Waals surface area contributed by atoms with Gasteiger partial charge in [-0.1, -0.05) is 19.3 Å². The first kappa shape index (κ1) is 8.85. The van der Waals surface area contributed by atoms with E-state index in [-0.39, 0.29) is 5.91 Å². The van der Waals surface area contributed by atoms with Gasteiger partial charge >= 0.3 is 0 Å². The summed E-state index contributed by atoms with van der Waals surface area (Å²) in [5.41, 5.74) is 5.10. The molecule has 0 aromatic carbocycles. The molecule has 1 rings (SSSR count). The predicted octanol–water partition coefficient (Wildman–Crippen LogP) is 1.66. The molecule has 1 aliphatic carbocycles. The number of hydrogen-bond acceptors (Lipinski definition) is 1. The van der Waals surface area contributed by atoms with Crippen LogP contribution < -0.4 is 5.73 Å². The Labute approximate surface area is 72.1 Å². The van der Waals surface area contributed by atoms with Crippen LogP contribution in [0.2, 0.25) is 0 Å². The van der Waals surface area contributed by atoms with Gasteiger partial charge in [0, 0.05) is 0 Å². The van der Waals surface area contributed by atoms with E-state index in [0.717, 1.165) is 12.8 Å². The van der Waals surface area contributed by atoms with Gasteiger partial charge in [0.05, 0.1) is 0 Å². The molecule has 0 aliphatic heterocycles. The van der Waals surface area contributed by atoms with Crippen molar-refractivity contribution in [3.05, 3.63) is 0 Å². The standard InChI is InChI=1S/C8H14ClNO/c9-7(8(10)11)6-4-2-1-3-5-6/h6-7H,1-5H2,(H2,10,11). The number of rotatable bonds is 2. The summed E-state index contributed by atoms with van der Waals surface area (Å²) in [6.07, 6.45) is 5.80. The number of carbonyl (C=O) groups excluding carboxylic acids is 1. The van der Waals surface area contributed by atoms with Gasteiger partial charge in [0.25, 0.3) is 0 Å². The minimum Gasteiger partial charge on any atom is -0.368 e. The van der Waals surface area contributed by atoms with Gasteiger partial charge in [-0.25, -0.2) is 0 Å². The zero-order valence-electron chi connectivity index (χ0n) is 6.55. The third kappa shape index (κ3) is 2.37. The lowest BCUT2D eigenvalue weighted by Crippen LogP contribution is -2.31. The Morgan fingerprint density at radius 3 is 2.36 bits per heavy atom. The van der Waals surface area contributed by atoms with Gasteiger partial charge in [-0.2, -0.15) is 0 Å². The molecule has 2 nitrogen and oxygen atoms in total. The van der Waals surface area contributed by atoms with Crippen molar-refractivity contribution in [3.8, 4) is 0 Å². The van der Waals surface area contributed by atoms with Crippen molar-refractivity contribution < 1.29 is 4.79 Å². The van der Waals surface area contributed by atoms with Crippen LogP contribution in [-0.2, 0) is 4.79 Å². The lowest BCUT2D eigenvalue weighted by Gasteiger charge is -2.23. The first-order valence-corrected chi connectivity index (χ1v) is 4.59. The summed E-state index contributed by atoms with van der Waals surface area (Å²) in [7, 11) is 0. The molecule has 0 spiro atoms. The third-order valence-electron chi connectivity index (χ3n) is 2.34. The second-order valence-corrected chi connectivity index (χ2v) is 3.67. The Kier molecular flexibility index (Phi) is 3.18. The maximum Gasteiger partial charge on any atom is 0.235 e. The van der Waals surface area contributed by atoms with Crippen LogP contribution in [0.1, 0.15) is 32.1 Å². The summed E-state index contributed by atoms with van der Waals surface area (Å²) in [5.74, 6) is -0.0264. The molecular formula is C8H14ClNO. The van der Waals surface area contributed by atoms with Crippen molar-refractivity contribution in [2.45, 2.75) is 37.5 Å². The number of nitrogens with two attached hydrogens (primary N) is 1. The zero-order valence-corrected chi connectivity index (χ0v) is 7.31. The van der Waals surface area contributed by atoms with Crippen molar-refractivity contribution in [2.24, 2.45) is 11.7 Å². The van der Waals surface area contributed by atoms with E-state index >= 15 is 0 Å². The number of halogens is 1. The van der Waals surface area contributed by atoms with Gasteiger partial charge in [0.15, 0.2) is 0 Å². The van der Waals surface area contributed by atoms with Crippen molar-refractivity contribution in [1.29, 1.82) is 0 Å². The number of hydrogen-bond donors (Lipinski definition) is 1. The average Bonchev–Trinajstić information content (AvgIpc) is 2.05. The molecule has 0 radical (unpaired) electrons. The fourth-order valence-corrected chi connectivity index (χ4v) is 1.91. The highest BCUT2D eigenvalue weighted by Crippen LogP contribution is 2.28. The van der Waals surface area contributed by atoms with Gasteiger partial charge in [0.2, 0.25) is 5.91 Å². The van der Waals surface area contributed by atoms with E-state index in [9.17, 15) is 4.79 Å². The molecule has 1 unspecified atom stereocenters. The molecular weight excluding hydrogens is 162 g/mol. The van der Waals surface area contributed by atoms with Crippen molar-refractivity contribution in [3.63, 3.8) is 0 Å². The number of carbonyl (C=O) groups is 1. The highest BCUT2D eigenvalue weighted by Gasteiger charge is 2.25. The highest BCUT2D eigenvalue weighted by atomic mass is 35.5. The molecule has 0 heterocycles. The first-order chi connectivity index (χ1) is 5.22. The van der Waals surface area contributed by atoms with Crippen LogP contribution in [0.15, 0.2) is 0 Å². The predicted molar refractivity (Wildman–Crippen MR) is 45.4 cm³/mol. The zero-order chi connectivity index (χ0) is 8.27. The summed E-state index contributed by atoms with van der Waals surface area (Å²) in [6, 6.07) is 0. The van der Waals surface area contributed by atoms with E-state index in [4.69, 9.17) is 17.3 Å². The second-order valence-electron chi connectivity index (χ2n) is 3.20. The van der Waals surface area contributed by atoms with Crippen LogP contribution in [0, 0.1) is 5.92 Å². The fourth-order valence-electron chi connectivity index (χ4n) is 1.66. The topological polar surface area (TPSA) is 43.1 Å². The van der Waals surface area contributed by atoms with Crippen LogP contribution >= 0.6 is 11.6 Å². The number of alkyl halides is 1. The Hall–Kier alpha value is -0.240. The molecule has 1 aliphatic rings. The fraction of sp³-hybridized carbons (Fsp3) is 0.875. The van der Waals surface area contributed by atoms with E-state index in [2.05, 4.69) is 0 Å². The first-order valence-electron chi connectivity index (χ1n) is 4.15. The summed E-state index contributed by atoms with van der Waals surface area (Å²) in [4.78, 5) is 10.7. The van der Waals surface area contributed by atoms with Gasteiger partial charge in [-0.05, 0) is 18.8 Å². The van der Waals surface area contributed by atoms with E-state index in [1.807, 2.05) is 0 Å². The Bertz CT molecular complexity index is 143. The largest absolute Gasteiger partial charge is 0.368 e. The molecule has 1 amide bonds. The summed E-state index contributed by atoms with van der Waals surface area (Å²) < 4.78 is 0. The summed E-state index contributed by atoms with van der Waals surface area (Å²) in [5, 5.41) is -0.435. The van der Waals surface area contributed by atoms with Gasteiger partial charge < -0.3 is 5.73 Å². The molecule has 1 fully saturated rings. The Morgan fingerprint density at radius 1 is 1.36 bits per heavy atom. The number of amides is 1. The smallest absolute Gasteiger partial charge is 0.235 e. The third-order valence-corrected chi connectivity index (χ3v) is 2.91. The van der Waals surface area contributed by atoms with Crippen LogP contribution in [-0.4, -0.2) is 11.3 Å². The minimum absolute atomic E-state index is 0.336. The van der Waals surface area contributed by atoms with E-state index < -0.39 is 5.38 Å². The van der Waals surface area contributed by atoms with Crippen LogP contribution in [0.25, 0.3) is 0 Å².